The molecular formula is C11H13N3O. The normalized spacial score (nSPS) is 23.5. The van der Waals surface area contributed by atoms with E-state index in [9.17, 15) is 4.79 Å². The van der Waals surface area contributed by atoms with Crippen molar-refractivity contribution in [1.82, 2.24) is 5.43 Å². The lowest BCUT2D eigenvalue weighted by molar-refractivity contribution is -0.117. The number of fused-ring (bicyclic) bond motifs is 1. The zero-order chi connectivity index (χ0) is 11.0. The zero-order valence-electron chi connectivity index (χ0n) is 8.74. The molecule has 4 nitrogen and oxygen atoms in total. The van der Waals surface area contributed by atoms with Gasteiger partial charge in [-0.3, -0.25) is 15.2 Å². The maximum atomic E-state index is 11.6. The quantitative estimate of drug-likeness (QED) is 0.376. The second-order valence-electron chi connectivity index (χ2n) is 3.68. The van der Waals surface area contributed by atoms with Crippen LogP contribution in [0.25, 0.3) is 0 Å². The van der Waals surface area contributed by atoms with Crippen molar-refractivity contribution in [3.8, 4) is 0 Å². The number of amides is 1. The lowest BCUT2D eigenvalue weighted by Gasteiger charge is -2.21. The number of carbonyl (C=O) groups excluding carboxylic acids is 1. The molecule has 1 heterocycles. The molecular weight excluding hydrogens is 190 g/mol. The van der Waals surface area contributed by atoms with E-state index in [1.807, 2.05) is 32.1 Å². The van der Waals surface area contributed by atoms with Crippen LogP contribution in [0.15, 0.2) is 40.1 Å². The zero-order valence-corrected chi connectivity index (χ0v) is 8.74. The third-order valence-corrected chi connectivity index (χ3v) is 2.77. The van der Waals surface area contributed by atoms with Gasteiger partial charge in [0, 0.05) is 5.92 Å². The fourth-order valence-corrected chi connectivity index (χ4v) is 2.05. The number of hydrogen-bond acceptors (Lipinski definition) is 3. The summed E-state index contributed by atoms with van der Waals surface area (Å²) in [6, 6.07) is 0. The van der Waals surface area contributed by atoms with Crippen LogP contribution in [-0.4, -0.2) is 11.6 Å². The topological polar surface area (TPSA) is 67.5 Å². The van der Waals surface area contributed by atoms with Gasteiger partial charge in [0.1, 0.15) is 0 Å². The summed E-state index contributed by atoms with van der Waals surface area (Å²) in [6.45, 7) is 3.76. The van der Waals surface area contributed by atoms with Gasteiger partial charge in [-0.05, 0) is 25.5 Å². The van der Waals surface area contributed by atoms with E-state index in [1.165, 1.54) is 0 Å². The Bertz CT molecular complexity index is 441. The molecule has 0 aromatic carbocycles. The fourth-order valence-electron chi connectivity index (χ4n) is 2.05. The van der Waals surface area contributed by atoms with Crippen LogP contribution in [-0.2, 0) is 4.79 Å². The van der Waals surface area contributed by atoms with Gasteiger partial charge in [0.05, 0.1) is 17.0 Å². The standard InChI is InChI=1S/C11H13N3O/c1-6-8-4-3-5-9(8)13-7(2)10(6)11(15)14-12/h3-5,8H,12H2,1-2H3,(H,14,15). The Morgan fingerprint density at radius 3 is 2.93 bits per heavy atom. The first kappa shape index (κ1) is 9.86. The van der Waals surface area contributed by atoms with Crippen molar-refractivity contribution in [2.45, 2.75) is 13.8 Å². The highest BCUT2D eigenvalue weighted by atomic mass is 16.2. The minimum Gasteiger partial charge on any atom is -0.290 e. The molecule has 0 fully saturated rings. The summed E-state index contributed by atoms with van der Waals surface area (Å²) in [5, 5.41) is 0. The average molecular weight is 203 g/mol. The Kier molecular flexibility index (Phi) is 2.28. The molecule has 0 saturated heterocycles. The summed E-state index contributed by atoms with van der Waals surface area (Å²) in [7, 11) is 0. The molecule has 78 valence electrons. The summed E-state index contributed by atoms with van der Waals surface area (Å²) >= 11 is 0. The van der Waals surface area contributed by atoms with Crippen molar-refractivity contribution >= 4 is 11.6 Å². The number of rotatable bonds is 1. The van der Waals surface area contributed by atoms with Crippen molar-refractivity contribution in [2.24, 2.45) is 16.8 Å². The van der Waals surface area contributed by atoms with Crippen LogP contribution in [0.5, 0.6) is 0 Å². The molecule has 2 aliphatic rings. The summed E-state index contributed by atoms with van der Waals surface area (Å²) in [5.74, 6) is 5.01. The van der Waals surface area contributed by atoms with Gasteiger partial charge in [0.2, 0.25) is 0 Å². The van der Waals surface area contributed by atoms with Gasteiger partial charge in [-0.2, -0.15) is 0 Å². The smallest absolute Gasteiger partial charge is 0.266 e. The van der Waals surface area contributed by atoms with Gasteiger partial charge >= 0.3 is 0 Å². The van der Waals surface area contributed by atoms with E-state index in [4.69, 9.17) is 5.84 Å². The minimum atomic E-state index is -0.270. The molecule has 0 aromatic heterocycles. The first-order valence-corrected chi connectivity index (χ1v) is 4.81. The number of nitrogens with zero attached hydrogens (tertiary/aromatic N) is 1. The molecule has 4 heteroatoms. The minimum absolute atomic E-state index is 0.140. The number of dihydropyridines is 1. The van der Waals surface area contributed by atoms with Crippen molar-refractivity contribution in [3.05, 3.63) is 35.1 Å². The molecule has 1 atom stereocenters. The molecule has 1 aliphatic carbocycles. The van der Waals surface area contributed by atoms with E-state index >= 15 is 0 Å². The van der Waals surface area contributed by atoms with Crippen LogP contribution in [0, 0.1) is 5.92 Å². The maximum absolute atomic E-state index is 11.6. The summed E-state index contributed by atoms with van der Waals surface area (Å²) in [4.78, 5) is 15.9. The molecule has 2 rings (SSSR count). The van der Waals surface area contributed by atoms with Crippen molar-refractivity contribution < 1.29 is 4.79 Å². The van der Waals surface area contributed by atoms with Crippen LogP contribution in [0.4, 0.5) is 0 Å². The Labute approximate surface area is 88.2 Å². The molecule has 0 spiro atoms. The number of aliphatic imine (C=N–C) groups is 1. The van der Waals surface area contributed by atoms with Gasteiger partial charge in [-0.25, -0.2) is 5.84 Å². The SMILES string of the molecule is CC1=NC2=CC=CC2C(C)=C1C(=O)NN. The van der Waals surface area contributed by atoms with Gasteiger partial charge < -0.3 is 0 Å². The number of hydrogen-bond donors (Lipinski definition) is 2. The Morgan fingerprint density at radius 1 is 1.53 bits per heavy atom. The molecule has 1 amide bonds. The highest BCUT2D eigenvalue weighted by Gasteiger charge is 2.28. The number of nitrogens with one attached hydrogen (secondary N) is 1. The van der Waals surface area contributed by atoms with E-state index in [0.717, 1.165) is 17.0 Å². The van der Waals surface area contributed by atoms with Crippen LogP contribution < -0.4 is 11.3 Å². The predicted molar refractivity (Wildman–Crippen MR) is 58.9 cm³/mol. The molecule has 0 saturated carbocycles. The Hall–Kier alpha value is -1.68. The van der Waals surface area contributed by atoms with Gasteiger partial charge in [0.25, 0.3) is 5.91 Å². The monoisotopic (exact) mass is 203 g/mol. The molecule has 3 N–H and O–H groups in total. The number of nitrogens with two attached hydrogens (primary N) is 1. The summed E-state index contributed by atoms with van der Waals surface area (Å²) in [5.41, 5.74) is 5.48. The average Bonchev–Trinajstić information content (AvgIpc) is 2.65. The maximum Gasteiger partial charge on any atom is 0.266 e. The predicted octanol–water partition coefficient (Wildman–Crippen LogP) is 0.837. The third kappa shape index (κ3) is 1.43. The van der Waals surface area contributed by atoms with Gasteiger partial charge in [-0.15, -0.1) is 0 Å². The molecule has 15 heavy (non-hydrogen) atoms. The second kappa shape index (κ2) is 3.47. The van der Waals surface area contributed by atoms with Crippen molar-refractivity contribution in [3.63, 3.8) is 0 Å². The molecule has 0 aromatic rings. The molecule has 0 radical (unpaired) electrons. The summed E-state index contributed by atoms with van der Waals surface area (Å²) in [6.07, 6.45) is 5.96. The van der Waals surface area contributed by atoms with Crippen LogP contribution >= 0.6 is 0 Å². The summed E-state index contributed by atoms with van der Waals surface area (Å²) < 4.78 is 0. The number of allylic oxidation sites excluding steroid dienone is 3. The highest BCUT2D eigenvalue weighted by molar-refractivity contribution is 6.22. The lowest BCUT2D eigenvalue weighted by Crippen LogP contribution is -2.35. The lowest BCUT2D eigenvalue weighted by atomic mass is 9.89. The van der Waals surface area contributed by atoms with E-state index in [-0.39, 0.29) is 11.8 Å². The first-order chi connectivity index (χ1) is 7.15. The molecule has 0 bridgehead atoms. The highest BCUT2D eigenvalue weighted by Crippen LogP contribution is 2.33. The van der Waals surface area contributed by atoms with Crippen molar-refractivity contribution in [1.29, 1.82) is 0 Å². The number of carbonyl (C=O) groups is 1. The molecule has 1 aliphatic heterocycles. The van der Waals surface area contributed by atoms with Crippen molar-refractivity contribution in [2.75, 3.05) is 0 Å². The Balaban J connectivity index is 2.49. The van der Waals surface area contributed by atoms with E-state index < -0.39 is 0 Å². The second-order valence-corrected chi connectivity index (χ2v) is 3.68. The van der Waals surface area contributed by atoms with Crippen LogP contribution in [0.2, 0.25) is 0 Å². The fraction of sp³-hybridized carbons (Fsp3) is 0.273. The van der Waals surface area contributed by atoms with Gasteiger partial charge in [0.15, 0.2) is 0 Å². The van der Waals surface area contributed by atoms with Crippen LogP contribution in [0.1, 0.15) is 13.8 Å². The van der Waals surface area contributed by atoms with E-state index in [0.29, 0.717) is 5.57 Å². The van der Waals surface area contributed by atoms with E-state index in [1.54, 1.807) is 0 Å². The molecule has 1 unspecified atom stereocenters. The largest absolute Gasteiger partial charge is 0.290 e. The number of hydrazine groups is 1. The first-order valence-electron chi connectivity index (χ1n) is 4.81. The third-order valence-electron chi connectivity index (χ3n) is 2.77. The Morgan fingerprint density at radius 2 is 2.27 bits per heavy atom. The van der Waals surface area contributed by atoms with E-state index in [2.05, 4.69) is 10.4 Å². The van der Waals surface area contributed by atoms with Crippen LogP contribution in [0.3, 0.4) is 0 Å². The van der Waals surface area contributed by atoms with Gasteiger partial charge in [-0.1, -0.05) is 12.2 Å².